The number of carbonyl (C=O) groups is 1. The first-order chi connectivity index (χ1) is 14.8. The molecule has 178 valence electrons. The highest BCUT2D eigenvalue weighted by molar-refractivity contribution is 5.75. The van der Waals surface area contributed by atoms with Gasteiger partial charge in [0.15, 0.2) is 0 Å². The van der Waals surface area contributed by atoms with E-state index >= 15 is 0 Å². The fraction of sp³-hybridized carbons (Fsp3) is 0.893. The molecule has 0 rings (SSSR count). The highest BCUT2D eigenvalue weighted by Crippen LogP contribution is 2.10. The van der Waals surface area contributed by atoms with E-state index in [2.05, 4.69) is 31.3 Å². The molecule has 0 fully saturated rings. The van der Waals surface area contributed by atoms with Gasteiger partial charge in [-0.15, -0.1) is 0 Å². The molecule has 0 heterocycles. The average molecular weight is 422 g/mol. The Morgan fingerprint density at radius 1 is 0.533 bits per heavy atom. The van der Waals surface area contributed by atoms with Crippen molar-refractivity contribution in [2.75, 3.05) is 6.54 Å². The van der Waals surface area contributed by atoms with E-state index in [1.54, 1.807) is 0 Å². The maximum Gasteiger partial charge on any atom is 0.219 e. The molecule has 0 unspecified atom stereocenters. The number of nitrogens with one attached hydrogen (secondary N) is 1. The van der Waals surface area contributed by atoms with Crippen LogP contribution in [0.1, 0.15) is 155 Å². The van der Waals surface area contributed by atoms with Crippen molar-refractivity contribution in [3.05, 3.63) is 12.2 Å². The summed E-state index contributed by atoms with van der Waals surface area (Å²) in [5, 5.41) is 3.10. The van der Waals surface area contributed by atoms with E-state index in [1.807, 2.05) is 0 Å². The monoisotopic (exact) mass is 421 g/mol. The van der Waals surface area contributed by atoms with Crippen molar-refractivity contribution in [1.82, 2.24) is 5.32 Å². The Labute approximate surface area is 190 Å². The molecular weight excluding hydrogens is 366 g/mol. The van der Waals surface area contributed by atoms with Crippen molar-refractivity contribution in [3.63, 3.8) is 0 Å². The van der Waals surface area contributed by atoms with Crippen LogP contribution in [0, 0.1) is 0 Å². The standard InChI is InChI=1S/C28H55NO/c1-3-5-7-9-11-13-14-15-16-17-18-19-20-22-24-26-28(30)29-27-25-23-21-12-10-8-6-4-2/h15-16H,3-14,17-27H2,1-2H3,(H,29,30)/b16-15-. The lowest BCUT2D eigenvalue weighted by atomic mass is 10.1. The van der Waals surface area contributed by atoms with Crippen LogP contribution in [0.15, 0.2) is 12.2 Å². The summed E-state index contributed by atoms with van der Waals surface area (Å²) in [7, 11) is 0. The Kier molecular flexibility index (Phi) is 25.6. The first-order valence-electron chi connectivity index (χ1n) is 13.7. The van der Waals surface area contributed by atoms with Gasteiger partial charge in [-0.2, -0.15) is 0 Å². The second kappa shape index (κ2) is 26.2. The van der Waals surface area contributed by atoms with Crippen LogP contribution in [0.4, 0.5) is 0 Å². The first kappa shape index (κ1) is 29.2. The first-order valence-corrected chi connectivity index (χ1v) is 13.7. The molecule has 0 atom stereocenters. The van der Waals surface area contributed by atoms with Crippen LogP contribution >= 0.6 is 0 Å². The lowest BCUT2D eigenvalue weighted by Gasteiger charge is -2.05. The second-order valence-corrected chi connectivity index (χ2v) is 9.16. The van der Waals surface area contributed by atoms with Gasteiger partial charge < -0.3 is 5.32 Å². The van der Waals surface area contributed by atoms with Gasteiger partial charge >= 0.3 is 0 Å². The minimum absolute atomic E-state index is 0.260. The molecule has 0 aliphatic carbocycles. The molecule has 0 aromatic rings. The SMILES string of the molecule is CCCCCCCC/C=C\CCCCCCCC(=O)NCCCCCCCCCC. The second-order valence-electron chi connectivity index (χ2n) is 9.16. The van der Waals surface area contributed by atoms with Gasteiger partial charge in [-0.1, -0.05) is 122 Å². The van der Waals surface area contributed by atoms with Gasteiger partial charge in [-0.25, -0.2) is 0 Å². The molecule has 2 heteroatoms. The largest absolute Gasteiger partial charge is 0.356 e. The summed E-state index contributed by atoms with van der Waals surface area (Å²) in [5.74, 6) is 0.260. The van der Waals surface area contributed by atoms with Gasteiger partial charge in [-0.05, 0) is 38.5 Å². The Bertz CT molecular complexity index is 364. The number of hydrogen-bond acceptors (Lipinski definition) is 1. The highest BCUT2D eigenvalue weighted by Gasteiger charge is 2.00. The molecule has 0 radical (unpaired) electrons. The molecular formula is C28H55NO. The number of carbonyl (C=O) groups excluding carboxylic acids is 1. The zero-order valence-corrected chi connectivity index (χ0v) is 20.8. The minimum atomic E-state index is 0.260. The van der Waals surface area contributed by atoms with Gasteiger partial charge in [-0.3, -0.25) is 4.79 Å². The van der Waals surface area contributed by atoms with Crippen LogP contribution in [0.3, 0.4) is 0 Å². The summed E-state index contributed by atoms with van der Waals surface area (Å²) in [6.45, 7) is 5.41. The predicted molar refractivity (Wildman–Crippen MR) is 135 cm³/mol. The number of rotatable bonds is 24. The highest BCUT2D eigenvalue weighted by atomic mass is 16.1. The normalized spacial score (nSPS) is 11.4. The topological polar surface area (TPSA) is 29.1 Å². The van der Waals surface area contributed by atoms with Gasteiger partial charge in [0, 0.05) is 13.0 Å². The van der Waals surface area contributed by atoms with E-state index in [-0.39, 0.29) is 5.91 Å². The van der Waals surface area contributed by atoms with Crippen molar-refractivity contribution in [2.24, 2.45) is 0 Å². The van der Waals surface area contributed by atoms with Crippen molar-refractivity contribution >= 4 is 5.91 Å². The lowest BCUT2D eigenvalue weighted by molar-refractivity contribution is -0.121. The summed E-state index contributed by atoms with van der Waals surface area (Å²) in [6.07, 6.45) is 33.0. The fourth-order valence-electron chi connectivity index (χ4n) is 3.93. The van der Waals surface area contributed by atoms with Crippen LogP contribution in [0.2, 0.25) is 0 Å². The maximum absolute atomic E-state index is 11.9. The third-order valence-corrected chi connectivity index (χ3v) is 6.02. The van der Waals surface area contributed by atoms with E-state index in [0.29, 0.717) is 0 Å². The predicted octanol–water partition coefficient (Wildman–Crippen LogP) is 9.28. The summed E-state index contributed by atoms with van der Waals surface area (Å²) in [6, 6.07) is 0. The molecule has 0 aliphatic heterocycles. The molecule has 0 aliphatic rings. The Morgan fingerprint density at radius 3 is 1.43 bits per heavy atom. The van der Waals surface area contributed by atoms with Gasteiger partial charge in [0.1, 0.15) is 0 Å². The summed E-state index contributed by atoms with van der Waals surface area (Å²) < 4.78 is 0. The van der Waals surface area contributed by atoms with Crippen LogP contribution in [0.25, 0.3) is 0 Å². The third kappa shape index (κ3) is 25.2. The van der Waals surface area contributed by atoms with Crippen molar-refractivity contribution in [3.8, 4) is 0 Å². The van der Waals surface area contributed by atoms with Crippen LogP contribution in [-0.4, -0.2) is 12.5 Å². The zero-order valence-electron chi connectivity index (χ0n) is 20.8. The lowest BCUT2D eigenvalue weighted by Crippen LogP contribution is -2.23. The molecule has 30 heavy (non-hydrogen) atoms. The molecule has 0 aromatic heterocycles. The zero-order chi connectivity index (χ0) is 22.0. The van der Waals surface area contributed by atoms with E-state index in [1.165, 1.54) is 122 Å². The van der Waals surface area contributed by atoms with Crippen LogP contribution in [0.5, 0.6) is 0 Å². The molecule has 1 N–H and O–H groups in total. The van der Waals surface area contributed by atoms with Crippen LogP contribution < -0.4 is 5.32 Å². The number of allylic oxidation sites excluding steroid dienone is 2. The molecule has 0 aromatic carbocycles. The summed E-state index contributed by atoms with van der Waals surface area (Å²) in [4.78, 5) is 11.9. The third-order valence-electron chi connectivity index (χ3n) is 6.02. The molecule has 0 spiro atoms. The number of unbranched alkanes of at least 4 members (excludes halogenated alkanes) is 18. The smallest absolute Gasteiger partial charge is 0.219 e. The summed E-state index contributed by atoms with van der Waals surface area (Å²) in [5.41, 5.74) is 0. The van der Waals surface area contributed by atoms with Gasteiger partial charge in [0.2, 0.25) is 5.91 Å². The van der Waals surface area contributed by atoms with E-state index < -0.39 is 0 Å². The van der Waals surface area contributed by atoms with E-state index in [9.17, 15) is 4.79 Å². The minimum Gasteiger partial charge on any atom is -0.356 e. The quantitative estimate of drug-likeness (QED) is 0.122. The van der Waals surface area contributed by atoms with Crippen molar-refractivity contribution in [2.45, 2.75) is 155 Å². The van der Waals surface area contributed by atoms with Crippen LogP contribution in [-0.2, 0) is 4.79 Å². The van der Waals surface area contributed by atoms with Crippen molar-refractivity contribution in [1.29, 1.82) is 0 Å². The van der Waals surface area contributed by atoms with E-state index in [0.717, 1.165) is 25.8 Å². The molecule has 1 amide bonds. The van der Waals surface area contributed by atoms with E-state index in [4.69, 9.17) is 0 Å². The van der Waals surface area contributed by atoms with Crippen molar-refractivity contribution < 1.29 is 4.79 Å². The van der Waals surface area contributed by atoms with Gasteiger partial charge in [0.05, 0.1) is 0 Å². The average Bonchev–Trinajstić information content (AvgIpc) is 2.75. The number of hydrogen-bond donors (Lipinski definition) is 1. The maximum atomic E-state index is 11.9. The fourth-order valence-corrected chi connectivity index (χ4v) is 3.93. The molecule has 0 bridgehead atoms. The Hall–Kier alpha value is -0.790. The number of amides is 1. The Balaban J connectivity index is 3.20. The molecule has 0 saturated heterocycles. The van der Waals surface area contributed by atoms with Gasteiger partial charge in [0.25, 0.3) is 0 Å². The Morgan fingerprint density at radius 2 is 0.933 bits per heavy atom. The summed E-state index contributed by atoms with van der Waals surface area (Å²) >= 11 is 0. The molecule has 0 saturated carbocycles. The molecule has 2 nitrogen and oxygen atoms in total.